The third-order valence-electron chi connectivity index (χ3n) is 3.32. The van der Waals surface area contributed by atoms with E-state index >= 15 is 0 Å². The zero-order chi connectivity index (χ0) is 13.9. The van der Waals surface area contributed by atoms with Crippen LogP contribution in [-0.4, -0.2) is 49.9 Å². The van der Waals surface area contributed by atoms with Crippen LogP contribution in [0.4, 0.5) is 0 Å². The lowest BCUT2D eigenvalue weighted by Crippen LogP contribution is -2.48. The van der Waals surface area contributed by atoms with Crippen molar-refractivity contribution in [3.8, 4) is 0 Å². The molecule has 1 rings (SSSR count). The first-order valence-electron chi connectivity index (χ1n) is 5.94. The topological polar surface area (TPSA) is 80.8 Å². The molecule has 0 amide bonds. The maximum Gasteiger partial charge on any atom is 0.325 e. The second-order valence-corrected chi connectivity index (χ2v) is 6.64. The second-order valence-electron chi connectivity index (χ2n) is 4.39. The van der Waals surface area contributed by atoms with Crippen molar-refractivity contribution in [1.29, 1.82) is 0 Å². The number of methoxy groups -OCH3 is 1. The summed E-state index contributed by atoms with van der Waals surface area (Å²) >= 11 is 0. The van der Waals surface area contributed by atoms with Crippen LogP contribution in [0.15, 0.2) is 0 Å². The lowest BCUT2D eigenvalue weighted by molar-refractivity contribution is -0.139. The number of ketones is 1. The first kappa shape index (κ1) is 15.1. The van der Waals surface area contributed by atoms with Crippen LogP contribution < -0.4 is 0 Å². The van der Waals surface area contributed by atoms with E-state index in [1.165, 1.54) is 11.2 Å². The molecule has 18 heavy (non-hydrogen) atoms. The van der Waals surface area contributed by atoms with Gasteiger partial charge in [0.05, 0.1) is 7.11 Å². The van der Waals surface area contributed by atoms with Crippen LogP contribution >= 0.6 is 0 Å². The quantitative estimate of drug-likeness (QED) is 0.685. The smallest absolute Gasteiger partial charge is 0.325 e. The predicted octanol–water partition coefficient (Wildman–Crippen LogP) is 0.179. The van der Waals surface area contributed by atoms with Gasteiger partial charge in [-0.05, 0) is 13.3 Å². The third-order valence-corrected chi connectivity index (χ3v) is 5.46. The van der Waals surface area contributed by atoms with Gasteiger partial charge in [-0.3, -0.25) is 9.59 Å². The number of ether oxygens (including phenoxy) is 1. The first-order valence-corrected chi connectivity index (χ1v) is 7.44. The van der Waals surface area contributed by atoms with E-state index in [2.05, 4.69) is 4.74 Å². The van der Waals surface area contributed by atoms with Gasteiger partial charge in [0, 0.05) is 25.4 Å². The van der Waals surface area contributed by atoms with E-state index in [0.717, 1.165) is 7.11 Å². The van der Waals surface area contributed by atoms with Crippen molar-refractivity contribution in [3.05, 3.63) is 0 Å². The number of carbonyl (C=O) groups excluding carboxylic acids is 2. The van der Waals surface area contributed by atoms with Gasteiger partial charge in [-0.15, -0.1) is 0 Å². The van der Waals surface area contributed by atoms with Gasteiger partial charge in [-0.1, -0.05) is 6.92 Å². The Morgan fingerprint density at radius 1 is 1.56 bits per heavy atom. The Morgan fingerprint density at radius 2 is 2.17 bits per heavy atom. The number of sulfonamides is 1. The molecule has 0 aromatic carbocycles. The molecule has 1 heterocycles. The number of esters is 1. The highest BCUT2D eigenvalue weighted by atomic mass is 32.2. The number of Topliss-reactive ketones (excluding diaryl/α,β-unsaturated/α-hetero) is 1. The molecule has 0 saturated carbocycles. The summed E-state index contributed by atoms with van der Waals surface area (Å²) in [6.45, 7) is 3.47. The van der Waals surface area contributed by atoms with E-state index < -0.39 is 21.2 Å². The van der Waals surface area contributed by atoms with Crippen molar-refractivity contribution >= 4 is 21.8 Å². The molecular formula is C11H19NO5S. The van der Waals surface area contributed by atoms with E-state index in [-0.39, 0.29) is 31.2 Å². The molecular weight excluding hydrogens is 258 g/mol. The predicted molar refractivity (Wildman–Crippen MR) is 65.4 cm³/mol. The third kappa shape index (κ3) is 2.89. The van der Waals surface area contributed by atoms with Crippen molar-refractivity contribution in [1.82, 2.24) is 4.31 Å². The van der Waals surface area contributed by atoms with Gasteiger partial charge in [0.2, 0.25) is 10.0 Å². The molecule has 1 aliphatic rings. The molecule has 1 fully saturated rings. The number of piperidine rings is 1. The van der Waals surface area contributed by atoms with Crippen LogP contribution in [0.2, 0.25) is 0 Å². The molecule has 1 aliphatic heterocycles. The molecule has 2 unspecified atom stereocenters. The SMILES string of the molecule is CCC1CN(S(=O)(=O)C(C)C(=O)OC)CCC1=O. The molecule has 6 nitrogen and oxygen atoms in total. The monoisotopic (exact) mass is 277 g/mol. The molecule has 0 aromatic heterocycles. The molecule has 0 spiro atoms. The fourth-order valence-corrected chi connectivity index (χ4v) is 3.50. The summed E-state index contributed by atoms with van der Waals surface area (Å²) in [7, 11) is -2.58. The van der Waals surface area contributed by atoms with Gasteiger partial charge in [-0.2, -0.15) is 0 Å². The van der Waals surface area contributed by atoms with Crippen LogP contribution in [0.1, 0.15) is 26.7 Å². The van der Waals surface area contributed by atoms with E-state index in [1.807, 2.05) is 6.92 Å². The van der Waals surface area contributed by atoms with Crippen molar-refractivity contribution in [2.75, 3.05) is 20.2 Å². The fourth-order valence-electron chi connectivity index (χ4n) is 1.98. The summed E-state index contributed by atoms with van der Waals surface area (Å²) in [6.07, 6.45) is 0.823. The van der Waals surface area contributed by atoms with Gasteiger partial charge < -0.3 is 4.74 Å². The Hall–Kier alpha value is -0.950. The van der Waals surface area contributed by atoms with Crippen molar-refractivity contribution in [2.45, 2.75) is 31.9 Å². The summed E-state index contributed by atoms with van der Waals surface area (Å²) in [5, 5.41) is -1.23. The Morgan fingerprint density at radius 3 is 2.67 bits per heavy atom. The fraction of sp³-hybridized carbons (Fsp3) is 0.818. The number of rotatable bonds is 4. The van der Waals surface area contributed by atoms with Gasteiger partial charge in [0.1, 0.15) is 5.78 Å². The molecule has 0 bridgehead atoms. The number of nitrogens with zero attached hydrogens (tertiary/aromatic N) is 1. The zero-order valence-corrected chi connectivity index (χ0v) is 11.7. The molecule has 0 aromatic rings. The average Bonchev–Trinajstić information content (AvgIpc) is 2.37. The van der Waals surface area contributed by atoms with Crippen LogP contribution in [0.5, 0.6) is 0 Å². The van der Waals surface area contributed by atoms with Crippen molar-refractivity contribution in [2.24, 2.45) is 5.92 Å². The van der Waals surface area contributed by atoms with E-state index in [4.69, 9.17) is 0 Å². The van der Waals surface area contributed by atoms with Crippen LogP contribution in [0.25, 0.3) is 0 Å². The highest BCUT2D eigenvalue weighted by molar-refractivity contribution is 7.90. The highest BCUT2D eigenvalue weighted by Gasteiger charge is 2.38. The molecule has 0 radical (unpaired) electrons. The Balaban J connectivity index is 2.86. The normalized spacial score (nSPS) is 23.7. The number of hydrogen-bond donors (Lipinski definition) is 0. The van der Waals surface area contributed by atoms with E-state index in [9.17, 15) is 18.0 Å². The molecule has 1 saturated heterocycles. The average molecular weight is 277 g/mol. The first-order chi connectivity index (χ1) is 8.34. The maximum absolute atomic E-state index is 12.2. The maximum atomic E-state index is 12.2. The van der Waals surface area contributed by atoms with Gasteiger partial charge in [0.15, 0.2) is 5.25 Å². The second kappa shape index (κ2) is 5.79. The molecule has 7 heteroatoms. The van der Waals surface area contributed by atoms with E-state index in [0.29, 0.717) is 6.42 Å². The van der Waals surface area contributed by atoms with Crippen molar-refractivity contribution < 1.29 is 22.7 Å². The minimum absolute atomic E-state index is 0.0923. The minimum atomic E-state index is -3.73. The van der Waals surface area contributed by atoms with E-state index in [1.54, 1.807) is 0 Å². The van der Waals surface area contributed by atoms with Crippen molar-refractivity contribution in [3.63, 3.8) is 0 Å². The summed E-state index contributed by atoms with van der Waals surface area (Å²) in [4.78, 5) is 22.9. The van der Waals surface area contributed by atoms with Crippen LogP contribution in [0.3, 0.4) is 0 Å². The van der Waals surface area contributed by atoms with Gasteiger partial charge in [-0.25, -0.2) is 12.7 Å². The number of hydrogen-bond acceptors (Lipinski definition) is 5. The van der Waals surface area contributed by atoms with Crippen LogP contribution in [0, 0.1) is 5.92 Å². The highest BCUT2D eigenvalue weighted by Crippen LogP contribution is 2.21. The largest absolute Gasteiger partial charge is 0.468 e. The standard InChI is InChI=1S/C11H19NO5S/c1-4-9-7-12(6-5-10(9)13)18(15,16)8(2)11(14)17-3/h8-9H,4-7H2,1-3H3. The molecule has 104 valence electrons. The minimum Gasteiger partial charge on any atom is -0.468 e. The lowest BCUT2D eigenvalue weighted by atomic mass is 9.96. The lowest BCUT2D eigenvalue weighted by Gasteiger charge is -2.31. The van der Waals surface area contributed by atoms with Crippen LogP contribution in [-0.2, 0) is 24.3 Å². The molecule has 2 atom stereocenters. The van der Waals surface area contributed by atoms with Gasteiger partial charge in [0.25, 0.3) is 0 Å². The molecule has 0 aliphatic carbocycles. The molecule has 0 N–H and O–H groups in total. The Kier molecular flexibility index (Phi) is 4.86. The Bertz CT molecular complexity index is 431. The summed E-state index contributed by atoms with van der Waals surface area (Å²) in [5.41, 5.74) is 0. The van der Waals surface area contributed by atoms with Gasteiger partial charge >= 0.3 is 5.97 Å². The summed E-state index contributed by atoms with van der Waals surface area (Å²) in [6, 6.07) is 0. The zero-order valence-electron chi connectivity index (χ0n) is 10.9. The Labute approximate surface area is 107 Å². The summed E-state index contributed by atoms with van der Waals surface area (Å²) < 4.78 is 30.0. The number of carbonyl (C=O) groups is 2. The summed E-state index contributed by atoms with van der Waals surface area (Å²) in [5.74, 6) is -0.951.